The van der Waals surface area contributed by atoms with Crippen molar-refractivity contribution in [2.75, 3.05) is 7.11 Å². The number of esters is 5. The van der Waals surface area contributed by atoms with Gasteiger partial charge in [-0.1, -0.05) is 18.2 Å². The highest BCUT2D eigenvalue weighted by Crippen LogP contribution is 2.23. The van der Waals surface area contributed by atoms with Crippen molar-refractivity contribution >= 4 is 41.8 Å². The van der Waals surface area contributed by atoms with E-state index in [2.05, 4.69) is 24.0 Å². The van der Waals surface area contributed by atoms with E-state index in [0.717, 1.165) is 12.1 Å². The molecule has 0 saturated carbocycles. The minimum atomic E-state index is -1.11. The van der Waals surface area contributed by atoms with Gasteiger partial charge in [0.1, 0.15) is 0 Å². The molecule has 0 saturated heterocycles. The van der Waals surface area contributed by atoms with Crippen LogP contribution in [0.5, 0.6) is 0 Å². The molecule has 0 atom stereocenters. The number of methoxy groups -OCH3 is 1. The molecule has 38 heavy (non-hydrogen) atoms. The molecule has 2 heterocycles. The molecule has 3 aromatic rings. The maximum absolute atomic E-state index is 12.0. The Bertz CT molecular complexity index is 1430. The molecule has 0 fully saturated rings. The Morgan fingerprint density at radius 3 is 1.37 bits per heavy atom. The van der Waals surface area contributed by atoms with E-state index in [-0.39, 0.29) is 39.4 Å². The topological polar surface area (TPSA) is 166 Å². The van der Waals surface area contributed by atoms with Crippen LogP contribution in [0, 0.1) is 0 Å². The Hall–Kier alpha value is -5.65. The summed E-state index contributed by atoms with van der Waals surface area (Å²) in [5, 5.41) is 0. The second-order valence-corrected chi connectivity index (χ2v) is 7.47. The van der Waals surface area contributed by atoms with Crippen LogP contribution in [0.2, 0.25) is 0 Å². The number of benzene rings is 3. The number of hydrogen-bond donors (Lipinski definition) is 0. The van der Waals surface area contributed by atoms with Crippen LogP contribution in [0.1, 0.15) is 72.5 Å². The third-order valence-corrected chi connectivity index (χ3v) is 5.15. The number of rotatable bonds is 3. The zero-order chi connectivity index (χ0) is 27.4. The summed E-state index contributed by atoms with van der Waals surface area (Å²) in [5.74, 6) is -6.00. The molecule has 0 aliphatic carbocycles. The summed E-state index contributed by atoms with van der Waals surface area (Å²) < 4.78 is 13.3. The minimum absolute atomic E-state index is 0.00174. The highest BCUT2D eigenvalue weighted by Gasteiger charge is 2.32. The molecule has 12 heteroatoms. The Kier molecular flexibility index (Phi) is 7.06. The first-order valence-electron chi connectivity index (χ1n) is 10.6. The lowest BCUT2D eigenvalue weighted by Crippen LogP contribution is -2.13. The van der Waals surface area contributed by atoms with Crippen LogP contribution in [-0.4, -0.2) is 48.9 Å². The van der Waals surface area contributed by atoms with Gasteiger partial charge in [-0.05, 0) is 48.5 Å². The number of carbonyl (C=O) groups excluding carboxylic acids is 7. The van der Waals surface area contributed by atoms with E-state index < -0.39 is 35.8 Å². The van der Waals surface area contributed by atoms with Gasteiger partial charge in [-0.15, -0.1) is 0 Å². The fraction of sp³-hybridized carbons (Fsp3) is 0.0385. The molecule has 0 N–H and O–H groups in total. The molecule has 12 nitrogen and oxygen atoms in total. The fourth-order valence-electron chi connectivity index (χ4n) is 3.29. The van der Waals surface area contributed by atoms with Crippen LogP contribution in [0.25, 0.3) is 0 Å². The lowest BCUT2D eigenvalue weighted by Gasteiger charge is -2.04. The molecular weight excluding hydrogens is 504 g/mol. The van der Waals surface area contributed by atoms with Crippen LogP contribution in [0.4, 0.5) is 0 Å². The lowest BCUT2D eigenvalue weighted by atomic mass is 10.1. The molecule has 5 rings (SSSR count). The van der Waals surface area contributed by atoms with E-state index in [0.29, 0.717) is 5.56 Å². The SMILES string of the molecule is COC(=O)c1ccccc1.O=C(OOC(=O)c1ccc2c(c1)C(=O)OC2=O)c1ccc2c(c1)C(=O)OC2=O. The molecular formula is C26H14O12. The Morgan fingerprint density at radius 1 is 0.526 bits per heavy atom. The Balaban J connectivity index is 0.000000283. The van der Waals surface area contributed by atoms with Crippen LogP contribution >= 0.6 is 0 Å². The number of hydrogen-bond acceptors (Lipinski definition) is 12. The van der Waals surface area contributed by atoms with Crippen LogP contribution in [0.3, 0.4) is 0 Å². The highest BCUT2D eigenvalue weighted by atomic mass is 17.2. The predicted molar refractivity (Wildman–Crippen MR) is 121 cm³/mol. The van der Waals surface area contributed by atoms with Gasteiger partial charge in [0.15, 0.2) is 0 Å². The largest absolute Gasteiger partial charge is 0.465 e. The van der Waals surface area contributed by atoms with Crippen molar-refractivity contribution in [2.45, 2.75) is 0 Å². The maximum atomic E-state index is 12.0. The first-order valence-corrected chi connectivity index (χ1v) is 10.6. The molecule has 0 amide bonds. The molecule has 0 spiro atoms. The van der Waals surface area contributed by atoms with E-state index in [9.17, 15) is 33.6 Å². The quantitative estimate of drug-likeness (QED) is 0.164. The van der Waals surface area contributed by atoms with Crippen molar-refractivity contribution in [3.63, 3.8) is 0 Å². The van der Waals surface area contributed by atoms with E-state index in [4.69, 9.17) is 0 Å². The average Bonchev–Trinajstić information content (AvgIpc) is 3.39. The smallest absolute Gasteiger partial charge is 0.386 e. The normalized spacial score (nSPS) is 12.8. The molecule has 0 radical (unpaired) electrons. The first-order chi connectivity index (χ1) is 18.2. The molecule has 0 aromatic heterocycles. The zero-order valence-corrected chi connectivity index (χ0v) is 19.2. The lowest BCUT2D eigenvalue weighted by molar-refractivity contribution is -0.187. The second-order valence-electron chi connectivity index (χ2n) is 7.47. The van der Waals surface area contributed by atoms with Gasteiger partial charge in [0.25, 0.3) is 0 Å². The monoisotopic (exact) mass is 518 g/mol. The van der Waals surface area contributed by atoms with Crippen LogP contribution < -0.4 is 0 Å². The fourth-order valence-corrected chi connectivity index (χ4v) is 3.29. The van der Waals surface area contributed by atoms with Crippen molar-refractivity contribution in [3.8, 4) is 0 Å². The van der Waals surface area contributed by atoms with E-state index in [1.807, 2.05) is 6.07 Å². The summed E-state index contributed by atoms with van der Waals surface area (Å²) in [5.41, 5.74) is 0.0176. The summed E-state index contributed by atoms with van der Waals surface area (Å²) in [6, 6.07) is 15.8. The van der Waals surface area contributed by atoms with Crippen LogP contribution in [0.15, 0.2) is 66.7 Å². The minimum Gasteiger partial charge on any atom is -0.465 e. The van der Waals surface area contributed by atoms with E-state index >= 15 is 0 Å². The highest BCUT2D eigenvalue weighted by molar-refractivity contribution is 6.16. The Labute approximate surface area is 212 Å². The average molecular weight is 518 g/mol. The summed E-state index contributed by atoms with van der Waals surface area (Å²) in [7, 11) is 1.37. The summed E-state index contributed by atoms with van der Waals surface area (Å²) in [4.78, 5) is 89.4. The Morgan fingerprint density at radius 2 is 0.947 bits per heavy atom. The third kappa shape index (κ3) is 5.14. The van der Waals surface area contributed by atoms with Crippen LogP contribution in [-0.2, 0) is 24.0 Å². The number of fused-ring (bicyclic) bond motifs is 2. The van der Waals surface area contributed by atoms with Gasteiger partial charge in [0.2, 0.25) is 0 Å². The first kappa shape index (κ1) is 25.4. The van der Waals surface area contributed by atoms with Crippen molar-refractivity contribution in [2.24, 2.45) is 0 Å². The van der Waals surface area contributed by atoms with E-state index in [1.165, 1.54) is 31.4 Å². The second kappa shape index (κ2) is 10.5. The molecule has 2 aliphatic rings. The van der Waals surface area contributed by atoms with Gasteiger partial charge in [0, 0.05) is 0 Å². The summed E-state index contributed by atoms with van der Waals surface area (Å²) in [6.07, 6.45) is 0. The molecule has 2 aliphatic heterocycles. The number of carbonyl (C=O) groups is 7. The van der Waals surface area contributed by atoms with Crippen molar-refractivity contribution in [1.29, 1.82) is 0 Å². The zero-order valence-electron chi connectivity index (χ0n) is 19.2. The number of ether oxygens (including phenoxy) is 3. The standard InChI is InChI=1S/C18H6O10.C8H8O2/c19-13(7-1-3-9-11(5-7)17(23)25-15(9)21)27-28-14(20)8-2-4-10-12(6-8)18(24)26-16(10)22;1-10-8(9)7-5-3-2-4-6-7/h1-6H;2-6H,1H3. The molecule has 0 bridgehead atoms. The molecule has 0 unspecified atom stereocenters. The van der Waals surface area contributed by atoms with Crippen molar-refractivity contribution in [3.05, 3.63) is 106 Å². The maximum Gasteiger partial charge on any atom is 0.386 e. The van der Waals surface area contributed by atoms with E-state index in [1.54, 1.807) is 24.3 Å². The van der Waals surface area contributed by atoms with Crippen molar-refractivity contribution in [1.82, 2.24) is 0 Å². The number of cyclic esters (lactones) is 4. The van der Waals surface area contributed by atoms with Gasteiger partial charge in [-0.2, -0.15) is 0 Å². The summed E-state index contributed by atoms with van der Waals surface area (Å²) >= 11 is 0. The molecule has 3 aromatic carbocycles. The van der Waals surface area contributed by atoms with Gasteiger partial charge in [-0.25, -0.2) is 43.3 Å². The molecule has 190 valence electrons. The van der Waals surface area contributed by atoms with Gasteiger partial charge >= 0.3 is 41.8 Å². The summed E-state index contributed by atoms with van der Waals surface area (Å²) in [6.45, 7) is 0. The van der Waals surface area contributed by atoms with Gasteiger partial charge in [0.05, 0.1) is 46.1 Å². The van der Waals surface area contributed by atoms with Gasteiger partial charge < -0.3 is 14.2 Å². The predicted octanol–water partition coefficient (Wildman–Crippen LogP) is 2.71. The van der Waals surface area contributed by atoms with Crippen molar-refractivity contribution < 1.29 is 57.5 Å². The third-order valence-electron chi connectivity index (χ3n) is 5.15. The van der Waals surface area contributed by atoms with Gasteiger partial charge in [-0.3, -0.25) is 0 Å².